The summed E-state index contributed by atoms with van der Waals surface area (Å²) in [4.78, 5) is 0. The van der Waals surface area contributed by atoms with Gasteiger partial charge >= 0.3 is 0 Å². The van der Waals surface area contributed by atoms with Crippen molar-refractivity contribution in [1.82, 2.24) is 0 Å². The second-order valence-electron chi connectivity index (χ2n) is 2.32. The molecule has 0 aromatic heterocycles. The van der Waals surface area contributed by atoms with Crippen LogP contribution < -0.4 is 0 Å². The summed E-state index contributed by atoms with van der Waals surface area (Å²) in [6.07, 6.45) is 5.07. The van der Waals surface area contributed by atoms with Crippen molar-refractivity contribution < 1.29 is 32.7 Å². The Morgan fingerprint density at radius 1 is 1.22 bits per heavy atom. The second-order valence-corrected chi connectivity index (χ2v) is 2.32. The molecule has 1 heteroatoms. The molecule has 0 rings (SSSR count). The Hall–Kier alpha value is 1.10. The molecule has 0 aliphatic carbocycles. The molecule has 0 aliphatic heterocycles. The van der Waals surface area contributed by atoms with Gasteiger partial charge in [0, 0.05) is 32.7 Å². The van der Waals surface area contributed by atoms with Gasteiger partial charge in [0.25, 0.3) is 0 Å². The van der Waals surface area contributed by atoms with E-state index in [0.717, 1.165) is 12.3 Å². The third kappa shape index (κ3) is 7.00. The summed E-state index contributed by atoms with van der Waals surface area (Å²) in [7, 11) is 0. The van der Waals surface area contributed by atoms with Gasteiger partial charge in [0.2, 0.25) is 0 Å². The average molecular weight is 202 g/mol. The Morgan fingerprint density at radius 3 is 1.78 bits per heavy atom. The van der Waals surface area contributed by atoms with Crippen LogP contribution in [-0.4, -0.2) is 0 Å². The summed E-state index contributed by atoms with van der Waals surface area (Å²) in [6.45, 7) is 8.33. The minimum atomic E-state index is 0. The van der Waals surface area contributed by atoms with Crippen LogP contribution in [0, 0.1) is 12.8 Å². The molecule has 0 unspecified atom stereocenters. The average Bonchev–Trinajstić information content (AvgIpc) is 1.83. The van der Waals surface area contributed by atoms with Crippen molar-refractivity contribution in [2.45, 2.75) is 39.5 Å². The van der Waals surface area contributed by atoms with Gasteiger partial charge in [-0.2, -0.15) is 6.42 Å². The number of rotatable bonds is 4. The Balaban J connectivity index is 0. The van der Waals surface area contributed by atoms with E-state index in [4.69, 9.17) is 0 Å². The molecule has 9 heavy (non-hydrogen) atoms. The molecule has 0 spiro atoms. The fraction of sp³-hybridized carbons (Fsp3) is 0.875. The van der Waals surface area contributed by atoms with Crippen molar-refractivity contribution >= 4 is 0 Å². The van der Waals surface area contributed by atoms with E-state index < -0.39 is 0 Å². The van der Waals surface area contributed by atoms with E-state index in [-0.39, 0.29) is 32.7 Å². The zero-order valence-corrected chi connectivity index (χ0v) is 9.53. The van der Waals surface area contributed by atoms with Gasteiger partial charge in [-0.05, 0) is 5.92 Å². The van der Waals surface area contributed by atoms with Crippen molar-refractivity contribution in [3.8, 4) is 0 Å². The van der Waals surface area contributed by atoms with Crippen LogP contribution in [0.1, 0.15) is 39.5 Å². The summed E-state index contributed by atoms with van der Waals surface area (Å²) in [6, 6.07) is 0. The molecule has 53 valence electrons. The van der Waals surface area contributed by atoms with Crippen molar-refractivity contribution in [2.24, 2.45) is 5.92 Å². The van der Waals surface area contributed by atoms with E-state index >= 15 is 0 Å². The van der Waals surface area contributed by atoms with E-state index in [2.05, 4.69) is 20.8 Å². The summed E-state index contributed by atoms with van der Waals surface area (Å²) in [5.41, 5.74) is 0. The standard InChI is InChI=1S/C8H17.Y/c1-4-7-8(5-2)6-3;/h8H,1,4-7H2,2-3H3;/q-1;. The maximum Gasteiger partial charge on any atom is 0 e. The van der Waals surface area contributed by atoms with Crippen LogP contribution in [0.5, 0.6) is 0 Å². The molecule has 1 radical (unpaired) electrons. The molecule has 0 aromatic rings. The second kappa shape index (κ2) is 9.10. The molecule has 0 aromatic carbocycles. The van der Waals surface area contributed by atoms with Crippen LogP contribution in [0.2, 0.25) is 0 Å². The first-order valence-electron chi connectivity index (χ1n) is 3.64. The smallest absolute Gasteiger partial charge is 0 e. The van der Waals surface area contributed by atoms with Crippen LogP contribution in [0.3, 0.4) is 0 Å². The maximum atomic E-state index is 3.82. The van der Waals surface area contributed by atoms with Gasteiger partial charge in [0.15, 0.2) is 0 Å². The van der Waals surface area contributed by atoms with E-state index in [9.17, 15) is 0 Å². The van der Waals surface area contributed by atoms with Crippen molar-refractivity contribution in [2.75, 3.05) is 0 Å². The van der Waals surface area contributed by atoms with E-state index in [1.54, 1.807) is 0 Å². The zero-order chi connectivity index (χ0) is 6.41. The third-order valence-electron chi connectivity index (χ3n) is 1.77. The van der Waals surface area contributed by atoms with Crippen molar-refractivity contribution in [1.29, 1.82) is 0 Å². The molecule has 0 saturated heterocycles. The first-order valence-corrected chi connectivity index (χ1v) is 3.64. The normalized spacial score (nSPS) is 9.33. The van der Waals surface area contributed by atoms with E-state index in [1.165, 1.54) is 19.3 Å². The van der Waals surface area contributed by atoms with Gasteiger partial charge in [-0.1, -0.05) is 33.1 Å². The van der Waals surface area contributed by atoms with Gasteiger partial charge in [0.1, 0.15) is 0 Å². The summed E-state index contributed by atoms with van der Waals surface area (Å²) < 4.78 is 0. The molecule has 0 N–H and O–H groups in total. The van der Waals surface area contributed by atoms with Crippen LogP contribution >= 0.6 is 0 Å². The zero-order valence-electron chi connectivity index (χ0n) is 6.69. The van der Waals surface area contributed by atoms with E-state index in [0.29, 0.717) is 0 Å². The Kier molecular flexibility index (Phi) is 12.9. The first-order chi connectivity index (χ1) is 3.85. The van der Waals surface area contributed by atoms with Gasteiger partial charge in [-0.15, -0.1) is 0 Å². The van der Waals surface area contributed by atoms with Crippen molar-refractivity contribution in [3.63, 3.8) is 0 Å². The Morgan fingerprint density at radius 2 is 1.67 bits per heavy atom. The largest absolute Gasteiger partial charge is 0.343 e. The van der Waals surface area contributed by atoms with Crippen LogP contribution in [-0.2, 0) is 32.7 Å². The SMILES string of the molecule is [CH2-]CCC(CC)CC.[Y]. The maximum absolute atomic E-state index is 3.82. The number of hydrogen-bond acceptors (Lipinski definition) is 0. The molecule has 0 fully saturated rings. The third-order valence-corrected chi connectivity index (χ3v) is 1.77. The van der Waals surface area contributed by atoms with Crippen LogP contribution in [0.25, 0.3) is 0 Å². The molecular formula is C8H17Y-. The molecule has 0 aliphatic rings. The monoisotopic (exact) mass is 202 g/mol. The molecule has 0 nitrogen and oxygen atoms in total. The first kappa shape index (κ1) is 12.8. The molecule has 0 amide bonds. The Bertz CT molecular complexity index is 39.8. The molecule has 0 atom stereocenters. The van der Waals surface area contributed by atoms with Gasteiger partial charge in [-0.3, -0.25) is 0 Å². The minimum absolute atomic E-state index is 0. The summed E-state index contributed by atoms with van der Waals surface area (Å²) in [5.74, 6) is 0.937. The molecule has 0 bridgehead atoms. The summed E-state index contributed by atoms with van der Waals surface area (Å²) in [5, 5.41) is 0. The topological polar surface area (TPSA) is 0 Å². The van der Waals surface area contributed by atoms with E-state index in [1.807, 2.05) is 0 Å². The molecule has 0 heterocycles. The summed E-state index contributed by atoms with van der Waals surface area (Å²) >= 11 is 0. The fourth-order valence-electron chi connectivity index (χ4n) is 0.986. The van der Waals surface area contributed by atoms with Crippen molar-refractivity contribution in [3.05, 3.63) is 6.92 Å². The van der Waals surface area contributed by atoms with Gasteiger partial charge in [-0.25, -0.2) is 0 Å². The molecular weight excluding hydrogens is 185 g/mol. The predicted octanol–water partition coefficient (Wildman–Crippen LogP) is 3.03. The number of hydrogen-bond donors (Lipinski definition) is 0. The minimum Gasteiger partial charge on any atom is -0.343 e. The van der Waals surface area contributed by atoms with Crippen LogP contribution in [0.15, 0.2) is 0 Å². The molecule has 0 saturated carbocycles. The quantitative estimate of drug-likeness (QED) is 0.614. The predicted molar refractivity (Wildman–Crippen MR) is 38.7 cm³/mol. The Labute approximate surface area is 84.7 Å². The van der Waals surface area contributed by atoms with Crippen LogP contribution in [0.4, 0.5) is 0 Å². The fourth-order valence-corrected chi connectivity index (χ4v) is 0.986. The van der Waals surface area contributed by atoms with Gasteiger partial charge < -0.3 is 6.92 Å². The van der Waals surface area contributed by atoms with Gasteiger partial charge in [0.05, 0.1) is 0 Å².